The molecule has 21 heavy (non-hydrogen) atoms. The lowest BCUT2D eigenvalue weighted by Crippen LogP contribution is -2.34. The molecule has 0 aliphatic heterocycles. The molecule has 3 nitrogen and oxygen atoms in total. The lowest BCUT2D eigenvalue weighted by atomic mass is 10.1. The molecule has 0 radical (unpaired) electrons. The van der Waals surface area contributed by atoms with Crippen molar-refractivity contribution in [2.75, 3.05) is 5.32 Å². The summed E-state index contributed by atoms with van der Waals surface area (Å²) in [6.45, 7) is 1.88. The van der Waals surface area contributed by atoms with Crippen molar-refractivity contribution in [3.63, 3.8) is 0 Å². The van der Waals surface area contributed by atoms with Gasteiger partial charge in [0.2, 0.25) is 0 Å². The van der Waals surface area contributed by atoms with Crippen LogP contribution in [0.25, 0.3) is 0 Å². The molecule has 0 saturated carbocycles. The van der Waals surface area contributed by atoms with E-state index in [1.165, 1.54) is 0 Å². The van der Waals surface area contributed by atoms with Crippen molar-refractivity contribution in [2.24, 2.45) is 0 Å². The number of benzene rings is 2. The first-order valence-electron chi connectivity index (χ1n) is 6.10. The minimum atomic E-state index is -0.291. The largest absolute Gasteiger partial charge is 0.332 e. The summed E-state index contributed by atoms with van der Waals surface area (Å²) in [6, 6.07) is 12.8. The minimum absolute atomic E-state index is 0.251. The number of carbonyl (C=O) groups excluding carboxylic acids is 1. The van der Waals surface area contributed by atoms with Gasteiger partial charge in [0.05, 0.1) is 5.69 Å². The highest BCUT2D eigenvalue weighted by Gasteiger charge is 2.10. The molecular weight excluding hydrogens is 419 g/mol. The molecule has 2 aromatic rings. The van der Waals surface area contributed by atoms with Crippen LogP contribution in [0.1, 0.15) is 15.9 Å². The van der Waals surface area contributed by atoms with Gasteiger partial charge in [0.25, 0.3) is 5.91 Å². The van der Waals surface area contributed by atoms with E-state index in [4.69, 9.17) is 23.8 Å². The van der Waals surface area contributed by atoms with Crippen LogP contribution in [0.4, 0.5) is 5.69 Å². The van der Waals surface area contributed by atoms with E-state index in [0.29, 0.717) is 10.6 Å². The molecule has 6 heteroatoms. The van der Waals surface area contributed by atoms with Gasteiger partial charge in [-0.25, -0.2) is 0 Å². The van der Waals surface area contributed by atoms with Crippen LogP contribution in [-0.2, 0) is 0 Å². The van der Waals surface area contributed by atoms with Crippen molar-refractivity contribution < 1.29 is 4.79 Å². The molecule has 2 aromatic carbocycles. The Balaban J connectivity index is 2.04. The number of thiocarbonyl (C=S) groups is 1. The number of hydrogen-bond donors (Lipinski definition) is 2. The van der Waals surface area contributed by atoms with Gasteiger partial charge in [-0.15, -0.1) is 0 Å². The fourth-order valence-electron chi connectivity index (χ4n) is 1.63. The van der Waals surface area contributed by atoms with Crippen molar-refractivity contribution in [3.05, 3.63) is 62.2 Å². The number of rotatable bonds is 2. The first kappa shape index (κ1) is 16.2. The average Bonchev–Trinajstić information content (AvgIpc) is 2.44. The fraction of sp³-hybridized carbons (Fsp3) is 0.0667. The first-order chi connectivity index (χ1) is 9.97. The van der Waals surface area contributed by atoms with Gasteiger partial charge in [-0.1, -0.05) is 29.8 Å². The zero-order chi connectivity index (χ0) is 15.4. The molecule has 0 aromatic heterocycles. The van der Waals surface area contributed by atoms with Gasteiger partial charge in [0, 0.05) is 14.2 Å². The second-order valence-corrected chi connectivity index (χ2v) is 6.33. The topological polar surface area (TPSA) is 41.1 Å². The van der Waals surface area contributed by atoms with E-state index in [2.05, 4.69) is 33.2 Å². The van der Waals surface area contributed by atoms with Crippen LogP contribution >= 0.6 is 46.4 Å². The summed E-state index contributed by atoms with van der Waals surface area (Å²) >= 11 is 13.4. The maximum atomic E-state index is 12.1. The third-order valence-electron chi connectivity index (χ3n) is 2.78. The van der Waals surface area contributed by atoms with Crippen molar-refractivity contribution in [1.82, 2.24) is 5.32 Å². The quantitative estimate of drug-likeness (QED) is 0.549. The SMILES string of the molecule is Cc1ccc(C(=O)NC(=S)Nc2ccccc2I)cc1Cl. The van der Waals surface area contributed by atoms with E-state index >= 15 is 0 Å². The third kappa shape index (κ3) is 4.39. The Morgan fingerprint density at radius 2 is 1.95 bits per heavy atom. The number of aryl methyl sites for hydroxylation is 1. The molecule has 2 N–H and O–H groups in total. The van der Waals surface area contributed by atoms with Crippen LogP contribution in [0.15, 0.2) is 42.5 Å². The molecule has 108 valence electrons. The van der Waals surface area contributed by atoms with E-state index in [1.54, 1.807) is 18.2 Å². The van der Waals surface area contributed by atoms with Crippen molar-refractivity contribution >= 4 is 63.1 Å². The van der Waals surface area contributed by atoms with E-state index in [9.17, 15) is 4.79 Å². The molecule has 0 saturated heterocycles. The fourth-order valence-corrected chi connectivity index (χ4v) is 2.53. The lowest BCUT2D eigenvalue weighted by Gasteiger charge is -2.11. The predicted octanol–water partition coefficient (Wildman–Crippen LogP) is 4.38. The standard InChI is InChI=1S/C15H12ClIN2OS/c1-9-6-7-10(8-11(9)16)14(20)19-15(21)18-13-5-3-2-4-12(13)17/h2-8H,1H3,(H2,18,19,20,21). The highest BCUT2D eigenvalue weighted by atomic mass is 127. The molecule has 0 unspecified atom stereocenters. The first-order valence-corrected chi connectivity index (χ1v) is 7.97. The second-order valence-electron chi connectivity index (χ2n) is 4.35. The number of amides is 1. The van der Waals surface area contributed by atoms with Gasteiger partial charge in [0.1, 0.15) is 0 Å². The maximum Gasteiger partial charge on any atom is 0.257 e. The summed E-state index contributed by atoms with van der Waals surface area (Å²) in [4.78, 5) is 12.1. The van der Waals surface area contributed by atoms with Gasteiger partial charge in [0.15, 0.2) is 5.11 Å². The monoisotopic (exact) mass is 430 g/mol. The Bertz CT molecular complexity index is 706. The minimum Gasteiger partial charge on any atom is -0.332 e. The van der Waals surface area contributed by atoms with Crippen LogP contribution in [-0.4, -0.2) is 11.0 Å². The van der Waals surface area contributed by atoms with Crippen molar-refractivity contribution in [1.29, 1.82) is 0 Å². The van der Waals surface area contributed by atoms with Crippen LogP contribution in [0.5, 0.6) is 0 Å². The van der Waals surface area contributed by atoms with Gasteiger partial charge in [-0.05, 0) is 71.6 Å². The zero-order valence-corrected chi connectivity index (χ0v) is 14.8. The van der Waals surface area contributed by atoms with Crippen molar-refractivity contribution in [2.45, 2.75) is 6.92 Å². The summed E-state index contributed by atoms with van der Waals surface area (Å²) in [5.74, 6) is -0.291. The Hall–Kier alpha value is -1.18. The van der Waals surface area contributed by atoms with Crippen LogP contribution in [0, 0.1) is 10.5 Å². The maximum absolute atomic E-state index is 12.1. The molecular formula is C15H12ClIN2OS. The average molecular weight is 431 g/mol. The van der Waals surface area contributed by atoms with E-state index < -0.39 is 0 Å². The molecule has 0 bridgehead atoms. The summed E-state index contributed by atoms with van der Waals surface area (Å²) < 4.78 is 1.02. The Morgan fingerprint density at radius 1 is 1.24 bits per heavy atom. The highest BCUT2D eigenvalue weighted by molar-refractivity contribution is 14.1. The Morgan fingerprint density at radius 3 is 2.62 bits per heavy atom. The van der Waals surface area contributed by atoms with E-state index in [-0.39, 0.29) is 11.0 Å². The smallest absolute Gasteiger partial charge is 0.257 e. The van der Waals surface area contributed by atoms with Crippen LogP contribution in [0.3, 0.4) is 0 Å². The van der Waals surface area contributed by atoms with Gasteiger partial charge in [-0.3, -0.25) is 10.1 Å². The van der Waals surface area contributed by atoms with Gasteiger partial charge in [-0.2, -0.15) is 0 Å². The molecule has 2 rings (SSSR count). The van der Waals surface area contributed by atoms with Crippen molar-refractivity contribution in [3.8, 4) is 0 Å². The predicted molar refractivity (Wildman–Crippen MR) is 99.0 cm³/mol. The van der Waals surface area contributed by atoms with E-state index in [0.717, 1.165) is 14.8 Å². The second kappa shape index (κ2) is 7.20. The number of carbonyl (C=O) groups is 1. The normalized spacial score (nSPS) is 10.0. The molecule has 0 aliphatic rings. The molecule has 1 amide bonds. The summed E-state index contributed by atoms with van der Waals surface area (Å²) in [6.07, 6.45) is 0. The number of para-hydroxylation sites is 1. The van der Waals surface area contributed by atoms with Crippen LogP contribution < -0.4 is 10.6 Å². The zero-order valence-electron chi connectivity index (χ0n) is 11.1. The number of halogens is 2. The molecule has 0 aliphatic carbocycles. The summed E-state index contributed by atoms with van der Waals surface area (Å²) in [7, 11) is 0. The number of anilines is 1. The summed E-state index contributed by atoms with van der Waals surface area (Å²) in [5.41, 5.74) is 2.25. The van der Waals surface area contributed by atoms with Gasteiger partial charge >= 0.3 is 0 Å². The molecule has 0 atom stereocenters. The molecule has 0 fully saturated rings. The van der Waals surface area contributed by atoms with E-state index in [1.807, 2.05) is 31.2 Å². The van der Waals surface area contributed by atoms with Crippen LogP contribution in [0.2, 0.25) is 5.02 Å². The molecule has 0 heterocycles. The highest BCUT2D eigenvalue weighted by Crippen LogP contribution is 2.18. The summed E-state index contributed by atoms with van der Waals surface area (Å²) in [5, 5.41) is 6.44. The lowest BCUT2D eigenvalue weighted by molar-refractivity contribution is 0.0977. The number of hydrogen-bond acceptors (Lipinski definition) is 2. The third-order valence-corrected chi connectivity index (χ3v) is 4.34. The van der Waals surface area contributed by atoms with Gasteiger partial charge < -0.3 is 5.32 Å². The Kier molecular flexibility index (Phi) is 5.55. The number of nitrogens with one attached hydrogen (secondary N) is 2. The Labute approximate surface area is 147 Å². The molecule has 0 spiro atoms.